The Bertz CT molecular complexity index is 1120. The number of ether oxygens (including phenoxy) is 1. The second-order valence-electron chi connectivity index (χ2n) is 7.08. The van der Waals surface area contributed by atoms with Crippen LogP contribution >= 0.6 is 23.6 Å². The average molecular weight is 450 g/mol. The summed E-state index contributed by atoms with van der Waals surface area (Å²) in [6.07, 6.45) is 3.84. The van der Waals surface area contributed by atoms with Gasteiger partial charge in [0.15, 0.2) is 4.77 Å². The highest BCUT2D eigenvalue weighted by Gasteiger charge is 2.27. The van der Waals surface area contributed by atoms with Crippen molar-refractivity contribution in [2.45, 2.75) is 66.5 Å². The highest BCUT2D eigenvalue weighted by molar-refractivity contribution is 7.71. The Hall–Kier alpha value is -2.26. The zero-order valence-electron chi connectivity index (χ0n) is 17.8. The van der Waals surface area contributed by atoms with Crippen LogP contribution in [-0.2, 0) is 30.7 Å². The summed E-state index contributed by atoms with van der Waals surface area (Å²) in [5.41, 5.74) is 1.57. The zero-order chi connectivity index (χ0) is 22.0. The van der Waals surface area contributed by atoms with Crippen LogP contribution in [0.15, 0.2) is 9.79 Å². The molecule has 1 N–H and O–H groups in total. The number of rotatable bonds is 6. The van der Waals surface area contributed by atoms with E-state index in [1.165, 1.54) is 20.5 Å². The summed E-state index contributed by atoms with van der Waals surface area (Å²) in [7, 11) is 0. The van der Waals surface area contributed by atoms with E-state index in [4.69, 9.17) is 17.0 Å². The number of aryl methyl sites for hydroxylation is 1. The van der Waals surface area contributed by atoms with Gasteiger partial charge in [-0.2, -0.15) is 0 Å². The number of hydrogen-bond donors (Lipinski definition) is 1. The molecule has 0 atom stereocenters. The number of aromatic hydroxyl groups is 1. The lowest BCUT2D eigenvalue weighted by atomic mass is 9.95. The summed E-state index contributed by atoms with van der Waals surface area (Å²) in [5, 5.41) is 11.3. The molecule has 0 amide bonds. The molecule has 2 aromatic rings. The number of aliphatic imine (C=N–C) groups is 1. The number of thiophene rings is 1. The quantitative estimate of drug-likeness (QED) is 0.402. The molecule has 0 aliphatic heterocycles. The molecule has 30 heavy (non-hydrogen) atoms. The third-order valence-corrected chi connectivity index (χ3v) is 6.92. The standard InChI is InChI=1S/C21H27N3O4S2/c1-5-23-18(25)15(19(26)24(6-2)21(23)29)12(4)22-17-16(20(27)28-7-3)13-10-8-9-11-14(13)30-17/h25H,5-11H2,1-4H3/b22-12+. The molecule has 0 fully saturated rings. The van der Waals surface area contributed by atoms with Crippen molar-refractivity contribution in [2.75, 3.05) is 6.61 Å². The van der Waals surface area contributed by atoms with Crippen LogP contribution in [0.5, 0.6) is 5.88 Å². The van der Waals surface area contributed by atoms with Gasteiger partial charge < -0.3 is 9.84 Å². The van der Waals surface area contributed by atoms with Crippen LogP contribution in [0.1, 0.15) is 66.9 Å². The molecule has 1 aliphatic carbocycles. The smallest absolute Gasteiger partial charge is 0.341 e. The fourth-order valence-corrected chi connectivity index (χ4v) is 5.55. The van der Waals surface area contributed by atoms with E-state index in [9.17, 15) is 14.7 Å². The van der Waals surface area contributed by atoms with Gasteiger partial charge in [-0.15, -0.1) is 11.3 Å². The number of nitrogens with zero attached hydrogens (tertiary/aromatic N) is 3. The lowest BCUT2D eigenvalue weighted by Crippen LogP contribution is -2.29. The van der Waals surface area contributed by atoms with Crippen LogP contribution in [-0.4, -0.2) is 32.5 Å². The highest BCUT2D eigenvalue weighted by Crippen LogP contribution is 2.40. The van der Waals surface area contributed by atoms with Crippen LogP contribution in [0, 0.1) is 4.77 Å². The molecule has 0 unspecified atom stereocenters. The molecular formula is C21H27N3O4S2. The average Bonchev–Trinajstić information content (AvgIpc) is 3.06. The van der Waals surface area contributed by atoms with E-state index in [-0.39, 0.29) is 34.3 Å². The van der Waals surface area contributed by atoms with Crippen molar-refractivity contribution >= 4 is 40.2 Å². The molecule has 2 aromatic heterocycles. The normalized spacial score (nSPS) is 13.9. The van der Waals surface area contributed by atoms with E-state index in [2.05, 4.69) is 4.99 Å². The molecule has 9 heteroatoms. The Morgan fingerprint density at radius 1 is 1.17 bits per heavy atom. The van der Waals surface area contributed by atoms with Crippen molar-refractivity contribution in [2.24, 2.45) is 4.99 Å². The van der Waals surface area contributed by atoms with E-state index in [0.717, 1.165) is 36.1 Å². The Kier molecular flexibility index (Phi) is 6.92. The van der Waals surface area contributed by atoms with Crippen LogP contribution in [0.3, 0.4) is 0 Å². The molecule has 0 radical (unpaired) electrons. The van der Waals surface area contributed by atoms with Crippen LogP contribution in [0.2, 0.25) is 0 Å². The first-order valence-corrected chi connectivity index (χ1v) is 11.5. The van der Waals surface area contributed by atoms with Gasteiger partial charge in [0.2, 0.25) is 5.88 Å². The summed E-state index contributed by atoms with van der Waals surface area (Å²) in [6.45, 7) is 8.22. The Morgan fingerprint density at radius 3 is 2.47 bits per heavy atom. The summed E-state index contributed by atoms with van der Waals surface area (Å²) >= 11 is 6.82. The molecular weight excluding hydrogens is 422 g/mol. The summed E-state index contributed by atoms with van der Waals surface area (Å²) < 4.78 is 8.51. The maximum Gasteiger partial charge on any atom is 0.341 e. The van der Waals surface area contributed by atoms with Gasteiger partial charge in [0.1, 0.15) is 10.6 Å². The van der Waals surface area contributed by atoms with Gasteiger partial charge in [-0.1, -0.05) is 0 Å². The lowest BCUT2D eigenvalue weighted by Gasteiger charge is -2.15. The summed E-state index contributed by atoms with van der Waals surface area (Å²) in [4.78, 5) is 31.5. The largest absolute Gasteiger partial charge is 0.494 e. The third kappa shape index (κ3) is 3.88. The van der Waals surface area contributed by atoms with Gasteiger partial charge in [0.25, 0.3) is 5.56 Å². The SMILES string of the molecule is CCOC(=O)c1c(/N=C(\C)c2c(O)n(CC)c(=S)n(CC)c2=O)sc2c1CCCC2. The van der Waals surface area contributed by atoms with Gasteiger partial charge in [-0.05, 0) is 71.2 Å². The monoisotopic (exact) mass is 449 g/mol. The number of carbonyl (C=O) groups excluding carboxylic acids is 1. The molecule has 0 saturated heterocycles. The Balaban J connectivity index is 2.22. The number of carbonyl (C=O) groups is 1. The molecule has 3 rings (SSSR count). The van der Waals surface area contributed by atoms with Crippen molar-refractivity contribution in [1.29, 1.82) is 0 Å². The number of esters is 1. The van der Waals surface area contributed by atoms with Gasteiger partial charge in [0, 0.05) is 18.0 Å². The molecule has 7 nitrogen and oxygen atoms in total. The van der Waals surface area contributed by atoms with Gasteiger partial charge >= 0.3 is 5.97 Å². The summed E-state index contributed by atoms with van der Waals surface area (Å²) in [5.74, 6) is -0.583. The van der Waals surface area contributed by atoms with Crippen molar-refractivity contribution in [1.82, 2.24) is 9.13 Å². The molecule has 0 bridgehead atoms. The third-order valence-electron chi connectivity index (χ3n) is 5.30. The van der Waals surface area contributed by atoms with E-state index < -0.39 is 0 Å². The number of fused-ring (bicyclic) bond motifs is 1. The second-order valence-corrected chi connectivity index (χ2v) is 8.53. The van der Waals surface area contributed by atoms with E-state index in [1.807, 2.05) is 13.8 Å². The first-order valence-electron chi connectivity index (χ1n) is 10.3. The molecule has 0 spiro atoms. The predicted octanol–water partition coefficient (Wildman–Crippen LogP) is 4.38. The van der Waals surface area contributed by atoms with Crippen molar-refractivity contribution in [3.8, 4) is 5.88 Å². The fourth-order valence-electron chi connectivity index (χ4n) is 3.82. The first kappa shape index (κ1) is 22.4. The topological polar surface area (TPSA) is 85.8 Å². The van der Waals surface area contributed by atoms with Crippen LogP contribution in [0.4, 0.5) is 5.00 Å². The number of aromatic nitrogens is 2. The maximum atomic E-state index is 13.0. The minimum atomic E-state index is -0.386. The minimum absolute atomic E-state index is 0.105. The Morgan fingerprint density at radius 2 is 1.83 bits per heavy atom. The maximum absolute atomic E-state index is 13.0. The van der Waals surface area contributed by atoms with Crippen molar-refractivity contribution in [3.63, 3.8) is 0 Å². The number of hydrogen-bond acceptors (Lipinski definition) is 7. The molecule has 2 heterocycles. The van der Waals surface area contributed by atoms with Gasteiger partial charge in [-0.25, -0.2) is 9.79 Å². The lowest BCUT2D eigenvalue weighted by molar-refractivity contribution is 0.0526. The molecule has 1 aliphatic rings. The van der Waals surface area contributed by atoms with Crippen LogP contribution < -0.4 is 5.56 Å². The minimum Gasteiger partial charge on any atom is -0.494 e. The predicted molar refractivity (Wildman–Crippen MR) is 121 cm³/mol. The molecule has 162 valence electrons. The first-order chi connectivity index (χ1) is 14.3. The van der Waals surface area contributed by atoms with Crippen molar-refractivity contribution < 1.29 is 14.6 Å². The zero-order valence-corrected chi connectivity index (χ0v) is 19.4. The van der Waals surface area contributed by atoms with E-state index >= 15 is 0 Å². The van der Waals surface area contributed by atoms with Gasteiger partial charge in [0.05, 0.1) is 17.9 Å². The molecule has 0 aromatic carbocycles. The van der Waals surface area contributed by atoms with Crippen LogP contribution in [0.25, 0.3) is 0 Å². The van der Waals surface area contributed by atoms with Gasteiger partial charge in [-0.3, -0.25) is 13.9 Å². The molecule has 0 saturated carbocycles. The van der Waals surface area contributed by atoms with E-state index in [0.29, 0.717) is 29.4 Å². The van der Waals surface area contributed by atoms with E-state index in [1.54, 1.807) is 13.8 Å². The Labute approximate surface area is 184 Å². The highest BCUT2D eigenvalue weighted by atomic mass is 32.1. The van der Waals surface area contributed by atoms with Crippen molar-refractivity contribution in [3.05, 3.63) is 36.7 Å². The second kappa shape index (κ2) is 9.26. The fraction of sp³-hybridized carbons (Fsp3) is 0.524. The summed E-state index contributed by atoms with van der Waals surface area (Å²) in [6, 6.07) is 0.